The molecule has 1 N–H and O–H groups in total. The van der Waals surface area contributed by atoms with E-state index >= 15 is 0 Å². The molecule has 0 bridgehead atoms. The van der Waals surface area contributed by atoms with E-state index in [0.717, 1.165) is 12.0 Å². The molecule has 0 saturated carbocycles. The van der Waals surface area contributed by atoms with Crippen molar-refractivity contribution in [1.82, 2.24) is 0 Å². The van der Waals surface area contributed by atoms with Crippen LogP contribution in [0, 0.1) is 0 Å². The second kappa shape index (κ2) is 8.79. The van der Waals surface area contributed by atoms with Crippen molar-refractivity contribution in [2.75, 3.05) is 0 Å². The highest BCUT2D eigenvalue weighted by Crippen LogP contribution is 2.25. The lowest BCUT2D eigenvalue weighted by molar-refractivity contribution is 0.0604. The molecule has 3 nitrogen and oxygen atoms in total. The van der Waals surface area contributed by atoms with Gasteiger partial charge in [0, 0.05) is 6.42 Å². The van der Waals surface area contributed by atoms with Gasteiger partial charge < -0.3 is 5.11 Å². The van der Waals surface area contributed by atoms with E-state index in [4.69, 9.17) is 0 Å². The lowest BCUT2D eigenvalue weighted by Crippen LogP contribution is -2.24. The van der Waals surface area contributed by atoms with E-state index in [2.05, 4.69) is 100 Å². The molecule has 2 atom stereocenters. The highest BCUT2D eigenvalue weighted by molar-refractivity contribution is 5.29. The summed E-state index contributed by atoms with van der Waals surface area (Å²) in [5.74, 6) is 0. The molecule has 0 saturated heterocycles. The Hall–Kier alpha value is -2.00. The first-order valence-corrected chi connectivity index (χ1v) is 10.6. The number of hydrogen-bond donors (Lipinski definition) is 1. The predicted octanol–water partition coefficient (Wildman–Crippen LogP) is 6.62. The number of nitrogens with zero attached hydrogens (tertiary/aromatic N) is 2. The normalized spacial score (nSPS) is 16.0. The van der Waals surface area contributed by atoms with E-state index in [1.54, 1.807) is 6.92 Å². The largest absolute Gasteiger partial charge is 0.368 e. The van der Waals surface area contributed by atoms with E-state index in [-0.39, 0.29) is 16.9 Å². The van der Waals surface area contributed by atoms with Gasteiger partial charge >= 0.3 is 0 Å². The van der Waals surface area contributed by atoms with Crippen molar-refractivity contribution in [1.29, 1.82) is 0 Å². The fraction of sp³-hybridized carbons (Fsp3) is 0.538. The van der Waals surface area contributed by atoms with Crippen molar-refractivity contribution in [2.45, 2.75) is 90.8 Å². The number of azo groups is 1. The molecule has 29 heavy (non-hydrogen) atoms. The Morgan fingerprint density at radius 1 is 0.724 bits per heavy atom. The van der Waals surface area contributed by atoms with Gasteiger partial charge in [-0.1, -0.05) is 90.1 Å². The third kappa shape index (κ3) is 7.40. The quantitative estimate of drug-likeness (QED) is 0.550. The summed E-state index contributed by atoms with van der Waals surface area (Å²) < 4.78 is 0. The zero-order chi connectivity index (χ0) is 21.9. The first-order chi connectivity index (χ1) is 13.3. The summed E-state index contributed by atoms with van der Waals surface area (Å²) in [5.41, 5.74) is 4.00. The zero-order valence-electron chi connectivity index (χ0n) is 19.5. The molecule has 0 aromatic heterocycles. The molecule has 0 heterocycles. The predicted molar refractivity (Wildman–Crippen MR) is 123 cm³/mol. The second-order valence-corrected chi connectivity index (χ2v) is 10.6. The monoisotopic (exact) mass is 394 g/mol. The van der Waals surface area contributed by atoms with E-state index in [1.165, 1.54) is 16.7 Å². The fourth-order valence-corrected chi connectivity index (χ4v) is 3.29. The van der Waals surface area contributed by atoms with Crippen LogP contribution in [0.4, 0.5) is 0 Å². The lowest BCUT2D eigenvalue weighted by atomic mass is 9.86. The van der Waals surface area contributed by atoms with Gasteiger partial charge in [0.1, 0.15) is 0 Å². The summed E-state index contributed by atoms with van der Waals surface area (Å²) in [5, 5.41) is 19.3. The highest BCUT2D eigenvalue weighted by Gasteiger charge is 2.21. The molecule has 0 aliphatic carbocycles. The van der Waals surface area contributed by atoms with Crippen LogP contribution in [0.2, 0.25) is 0 Å². The smallest absolute Gasteiger partial charge is 0.177 e. The van der Waals surface area contributed by atoms with Crippen molar-refractivity contribution < 1.29 is 5.11 Å². The van der Waals surface area contributed by atoms with E-state index < -0.39 is 5.72 Å². The maximum absolute atomic E-state index is 10.7. The molecule has 0 spiro atoms. The minimum atomic E-state index is -1.20. The summed E-state index contributed by atoms with van der Waals surface area (Å²) in [6.07, 6.45) is 1.26. The third-order valence-electron chi connectivity index (χ3n) is 5.18. The highest BCUT2D eigenvalue weighted by atomic mass is 16.3. The zero-order valence-corrected chi connectivity index (χ0v) is 19.5. The minimum Gasteiger partial charge on any atom is -0.368 e. The lowest BCUT2D eigenvalue weighted by Gasteiger charge is -2.21. The molecule has 2 rings (SSSR count). The average molecular weight is 395 g/mol. The first-order valence-electron chi connectivity index (χ1n) is 10.6. The summed E-state index contributed by atoms with van der Waals surface area (Å²) in [6.45, 7) is 17.0. The van der Waals surface area contributed by atoms with Crippen LogP contribution < -0.4 is 0 Å². The Bertz CT molecular complexity index is 804. The van der Waals surface area contributed by atoms with Gasteiger partial charge in [0.15, 0.2) is 5.72 Å². The molecule has 0 fully saturated rings. The topological polar surface area (TPSA) is 45.0 Å². The van der Waals surface area contributed by atoms with Gasteiger partial charge in [-0.3, -0.25) is 0 Å². The molecule has 0 aliphatic heterocycles. The van der Waals surface area contributed by atoms with Gasteiger partial charge in [-0.2, -0.15) is 10.2 Å². The summed E-state index contributed by atoms with van der Waals surface area (Å²) in [6, 6.07) is 17.1. The summed E-state index contributed by atoms with van der Waals surface area (Å²) in [4.78, 5) is 0. The minimum absolute atomic E-state index is 0.0187. The van der Waals surface area contributed by atoms with Crippen LogP contribution in [0.15, 0.2) is 58.8 Å². The average Bonchev–Trinajstić information content (AvgIpc) is 2.59. The molecule has 158 valence electrons. The van der Waals surface area contributed by atoms with Gasteiger partial charge in [-0.05, 0) is 53.4 Å². The molecule has 2 aromatic rings. The van der Waals surface area contributed by atoms with Gasteiger partial charge in [0.25, 0.3) is 0 Å². The van der Waals surface area contributed by atoms with Gasteiger partial charge in [-0.15, -0.1) is 0 Å². The van der Waals surface area contributed by atoms with E-state index in [9.17, 15) is 5.11 Å². The summed E-state index contributed by atoms with van der Waals surface area (Å²) >= 11 is 0. The molecular weight excluding hydrogens is 356 g/mol. The molecule has 2 aromatic carbocycles. The van der Waals surface area contributed by atoms with E-state index in [1.807, 2.05) is 6.92 Å². The molecule has 2 unspecified atom stereocenters. The Balaban J connectivity index is 1.96. The Morgan fingerprint density at radius 3 is 1.55 bits per heavy atom. The Kier molecular flexibility index (Phi) is 7.06. The molecule has 3 heteroatoms. The van der Waals surface area contributed by atoms with E-state index in [0.29, 0.717) is 6.42 Å². The van der Waals surface area contributed by atoms with Crippen LogP contribution in [0.1, 0.15) is 77.6 Å². The van der Waals surface area contributed by atoms with Crippen LogP contribution in [0.3, 0.4) is 0 Å². The Labute approximate surface area is 177 Å². The van der Waals surface area contributed by atoms with Crippen LogP contribution in [-0.2, 0) is 23.7 Å². The van der Waals surface area contributed by atoms with Crippen molar-refractivity contribution in [3.05, 3.63) is 70.8 Å². The molecular formula is C26H38N2O. The number of rotatable bonds is 6. The third-order valence-corrected chi connectivity index (χ3v) is 5.18. The number of benzene rings is 2. The number of hydrogen-bond acceptors (Lipinski definition) is 3. The SMILES string of the molecule is CC(Cc1ccc(C(C)(C)C)cc1)N=NC(C)(O)Cc1ccc(C(C)(C)C)cc1. The van der Waals surface area contributed by atoms with Gasteiger partial charge in [0.2, 0.25) is 0 Å². The van der Waals surface area contributed by atoms with Gasteiger partial charge in [0.05, 0.1) is 6.04 Å². The van der Waals surface area contributed by atoms with Crippen molar-refractivity contribution >= 4 is 0 Å². The molecule has 0 amide bonds. The fourth-order valence-electron chi connectivity index (χ4n) is 3.29. The molecule has 0 radical (unpaired) electrons. The van der Waals surface area contributed by atoms with Gasteiger partial charge in [-0.25, -0.2) is 0 Å². The number of aliphatic hydroxyl groups is 1. The maximum atomic E-state index is 10.7. The van der Waals surface area contributed by atoms with Crippen molar-refractivity contribution in [3.63, 3.8) is 0 Å². The van der Waals surface area contributed by atoms with Crippen molar-refractivity contribution in [3.8, 4) is 0 Å². The molecule has 0 aliphatic rings. The van der Waals surface area contributed by atoms with Crippen LogP contribution >= 0.6 is 0 Å². The Morgan fingerprint density at radius 2 is 1.14 bits per heavy atom. The maximum Gasteiger partial charge on any atom is 0.177 e. The second-order valence-electron chi connectivity index (χ2n) is 10.6. The summed E-state index contributed by atoms with van der Waals surface area (Å²) in [7, 11) is 0. The van der Waals surface area contributed by atoms with Crippen molar-refractivity contribution in [2.24, 2.45) is 10.2 Å². The first kappa shape index (κ1) is 23.3. The van der Waals surface area contributed by atoms with Crippen LogP contribution in [0.25, 0.3) is 0 Å². The van der Waals surface area contributed by atoms with Crippen LogP contribution in [0.5, 0.6) is 0 Å². The standard InChI is InChI=1S/C26H38N2O/c1-19(17-20-9-13-22(14-10-20)24(2,3)4)27-28-26(8,29)18-21-11-15-23(16-12-21)25(5,6)7/h9-16,19,29H,17-18H2,1-8H3. The van der Waals surface area contributed by atoms with Crippen LogP contribution in [-0.4, -0.2) is 16.9 Å².